The molecule has 0 N–H and O–H groups in total. The van der Waals surface area contributed by atoms with Gasteiger partial charge in [0.2, 0.25) is 5.91 Å². The molecule has 2 atom stereocenters. The number of rotatable bonds is 3. The summed E-state index contributed by atoms with van der Waals surface area (Å²) in [5, 5.41) is 0.0667. The second-order valence-electron chi connectivity index (χ2n) is 6.50. The van der Waals surface area contributed by atoms with Gasteiger partial charge >= 0.3 is 0 Å². The van der Waals surface area contributed by atoms with Gasteiger partial charge < -0.3 is 9.64 Å². The molecule has 1 aromatic rings. The maximum Gasteiger partial charge on any atom is 0.240 e. The van der Waals surface area contributed by atoms with E-state index in [1.54, 1.807) is 12.1 Å². The molecular weight excluding hydrogens is 343 g/mol. The number of ether oxygens (including phenoxy) is 1. The van der Waals surface area contributed by atoms with Crippen LogP contribution in [0.3, 0.4) is 0 Å². The number of morpholine rings is 1. The first kappa shape index (κ1) is 18.2. The zero-order valence-corrected chi connectivity index (χ0v) is 14.8. The number of benzene rings is 1. The second-order valence-corrected chi connectivity index (χ2v) is 6.91. The molecule has 6 heteroatoms. The molecule has 4 nitrogen and oxygen atoms in total. The topological polar surface area (TPSA) is 32.8 Å². The van der Waals surface area contributed by atoms with E-state index < -0.39 is 5.82 Å². The molecule has 1 aromatic carbocycles. The molecule has 0 radical (unpaired) electrons. The fraction of sp³-hybridized carbons (Fsp3) is 0.526. The number of likely N-dealkylation sites (tertiary alicyclic amines) is 1. The summed E-state index contributed by atoms with van der Waals surface area (Å²) in [4.78, 5) is 16.9. The van der Waals surface area contributed by atoms with Crippen LogP contribution in [0, 0.1) is 18.2 Å². The van der Waals surface area contributed by atoms with E-state index in [4.69, 9.17) is 22.8 Å². The number of terminal acetylenes is 1. The first-order valence-electron chi connectivity index (χ1n) is 8.63. The molecule has 0 spiro atoms. The minimum absolute atomic E-state index is 0.0667. The average Bonchev–Trinajstić information content (AvgIpc) is 2.64. The van der Waals surface area contributed by atoms with Gasteiger partial charge in [-0.15, -0.1) is 6.42 Å². The van der Waals surface area contributed by atoms with Crippen LogP contribution in [0.2, 0.25) is 5.02 Å². The molecule has 134 valence electrons. The van der Waals surface area contributed by atoms with Crippen LogP contribution in [0.25, 0.3) is 0 Å². The molecule has 0 saturated carbocycles. The monoisotopic (exact) mass is 364 g/mol. The van der Waals surface area contributed by atoms with Crippen LogP contribution in [-0.2, 0) is 9.53 Å². The first-order valence-corrected chi connectivity index (χ1v) is 9.01. The highest BCUT2D eigenvalue weighted by atomic mass is 35.5. The molecule has 2 aliphatic heterocycles. The molecule has 25 heavy (non-hydrogen) atoms. The van der Waals surface area contributed by atoms with Crippen molar-refractivity contribution in [3.8, 4) is 12.3 Å². The zero-order valence-electron chi connectivity index (χ0n) is 14.1. The van der Waals surface area contributed by atoms with E-state index in [1.807, 2.05) is 4.90 Å². The van der Waals surface area contributed by atoms with Crippen molar-refractivity contribution >= 4 is 17.5 Å². The minimum atomic E-state index is -0.457. The second kappa shape index (κ2) is 8.18. The van der Waals surface area contributed by atoms with Crippen molar-refractivity contribution in [1.29, 1.82) is 0 Å². The number of carbonyl (C=O) groups is 1. The van der Waals surface area contributed by atoms with Crippen molar-refractivity contribution in [2.45, 2.75) is 31.4 Å². The molecule has 2 saturated heterocycles. The first-order chi connectivity index (χ1) is 12.1. The lowest BCUT2D eigenvalue weighted by atomic mass is 10.00. The van der Waals surface area contributed by atoms with Crippen LogP contribution < -0.4 is 0 Å². The van der Waals surface area contributed by atoms with Crippen molar-refractivity contribution in [3.63, 3.8) is 0 Å². The van der Waals surface area contributed by atoms with Crippen molar-refractivity contribution in [1.82, 2.24) is 9.80 Å². The van der Waals surface area contributed by atoms with Crippen LogP contribution >= 0.6 is 11.6 Å². The molecule has 2 aliphatic rings. The molecule has 0 aromatic heterocycles. The lowest BCUT2D eigenvalue weighted by Crippen LogP contribution is -2.53. The van der Waals surface area contributed by atoms with Gasteiger partial charge in [0, 0.05) is 6.54 Å². The lowest BCUT2D eigenvalue weighted by molar-refractivity contribution is -0.145. The van der Waals surface area contributed by atoms with E-state index >= 15 is 0 Å². The Balaban J connectivity index is 1.70. The van der Waals surface area contributed by atoms with Crippen LogP contribution in [0.5, 0.6) is 0 Å². The number of carbonyl (C=O) groups excluding carboxylic acids is 1. The summed E-state index contributed by atoms with van der Waals surface area (Å²) >= 11 is 5.87. The fourth-order valence-electron chi connectivity index (χ4n) is 3.55. The van der Waals surface area contributed by atoms with Gasteiger partial charge in [-0.2, -0.15) is 0 Å². The largest absolute Gasteiger partial charge is 0.370 e. The van der Waals surface area contributed by atoms with Gasteiger partial charge in [0.25, 0.3) is 0 Å². The Labute approximate surface area is 152 Å². The summed E-state index contributed by atoms with van der Waals surface area (Å²) in [6, 6.07) is 4.41. The number of hydrogen-bond acceptors (Lipinski definition) is 3. The van der Waals surface area contributed by atoms with E-state index in [0.717, 1.165) is 31.4 Å². The fourth-order valence-corrected chi connectivity index (χ4v) is 3.74. The Morgan fingerprint density at radius 2 is 2.24 bits per heavy atom. The van der Waals surface area contributed by atoms with E-state index in [-0.39, 0.29) is 23.1 Å². The highest BCUT2D eigenvalue weighted by Gasteiger charge is 2.34. The predicted molar refractivity (Wildman–Crippen MR) is 94.7 cm³/mol. The zero-order chi connectivity index (χ0) is 17.8. The van der Waals surface area contributed by atoms with Crippen molar-refractivity contribution < 1.29 is 13.9 Å². The van der Waals surface area contributed by atoms with Crippen LogP contribution in [0.15, 0.2) is 18.2 Å². The average molecular weight is 365 g/mol. The van der Waals surface area contributed by atoms with Gasteiger partial charge in [-0.05, 0) is 37.1 Å². The molecule has 2 fully saturated rings. The van der Waals surface area contributed by atoms with Gasteiger partial charge in [-0.3, -0.25) is 9.69 Å². The maximum atomic E-state index is 13.4. The summed E-state index contributed by atoms with van der Waals surface area (Å²) in [6.45, 7) is 2.82. The minimum Gasteiger partial charge on any atom is -0.370 e. The Hall–Kier alpha value is -1.61. The van der Waals surface area contributed by atoms with Gasteiger partial charge in [0.15, 0.2) is 0 Å². The van der Waals surface area contributed by atoms with E-state index in [1.165, 1.54) is 6.07 Å². The third-order valence-corrected chi connectivity index (χ3v) is 5.18. The van der Waals surface area contributed by atoms with Crippen LogP contribution in [0.4, 0.5) is 4.39 Å². The number of nitrogens with zero attached hydrogens (tertiary/aromatic N) is 2. The normalized spacial score (nSPS) is 24.8. The van der Waals surface area contributed by atoms with Crippen molar-refractivity contribution in [2.24, 2.45) is 0 Å². The number of piperidine rings is 1. The van der Waals surface area contributed by atoms with Crippen LogP contribution in [-0.4, -0.2) is 54.5 Å². The highest BCUT2D eigenvalue weighted by Crippen LogP contribution is 2.27. The number of amides is 1. The van der Waals surface area contributed by atoms with Crippen molar-refractivity contribution in [3.05, 3.63) is 34.6 Å². The molecule has 0 unspecified atom stereocenters. The quantitative estimate of drug-likeness (QED) is 0.773. The Morgan fingerprint density at radius 1 is 1.40 bits per heavy atom. The van der Waals surface area contributed by atoms with Gasteiger partial charge in [0.05, 0.1) is 30.8 Å². The van der Waals surface area contributed by atoms with Gasteiger partial charge in [0.1, 0.15) is 11.9 Å². The third-order valence-electron chi connectivity index (χ3n) is 4.89. The summed E-state index contributed by atoms with van der Waals surface area (Å²) < 4.78 is 19.2. The predicted octanol–water partition coefficient (Wildman–Crippen LogP) is 2.87. The highest BCUT2D eigenvalue weighted by molar-refractivity contribution is 6.30. The molecule has 3 rings (SSSR count). The third kappa shape index (κ3) is 4.14. The maximum absolute atomic E-state index is 13.4. The van der Waals surface area contributed by atoms with E-state index in [2.05, 4.69) is 10.8 Å². The number of hydrogen-bond donors (Lipinski definition) is 0. The van der Waals surface area contributed by atoms with Crippen molar-refractivity contribution in [2.75, 3.05) is 32.8 Å². The summed E-state index contributed by atoms with van der Waals surface area (Å²) in [5.74, 6) is 2.30. The van der Waals surface area contributed by atoms with Crippen LogP contribution in [0.1, 0.15) is 30.9 Å². The number of halogens is 2. The molecule has 1 amide bonds. The Morgan fingerprint density at radius 3 is 3.00 bits per heavy atom. The summed E-state index contributed by atoms with van der Waals surface area (Å²) in [5.41, 5.74) is 0.785. The summed E-state index contributed by atoms with van der Waals surface area (Å²) in [6.07, 6.45) is 8.11. The van der Waals surface area contributed by atoms with E-state index in [9.17, 15) is 9.18 Å². The molecule has 0 bridgehead atoms. The summed E-state index contributed by atoms with van der Waals surface area (Å²) in [7, 11) is 0. The standard InChI is InChI=1S/C19H22ClFN2O2/c1-2-8-22-9-4-3-5-17(22)19(24)23-10-11-25-18(13-23)14-6-7-16(21)15(20)12-14/h1,6-7,12,17-18H,3-5,8-11,13H2/t17-,18+/m1/s1. The van der Waals surface area contributed by atoms with Gasteiger partial charge in [-0.25, -0.2) is 4.39 Å². The van der Waals surface area contributed by atoms with E-state index in [0.29, 0.717) is 26.2 Å². The SMILES string of the molecule is C#CCN1CCCC[C@@H]1C(=O)N1CCO[C@H](c2ccc(F)c(Cl)c2)C1. The molecule has 0 aliphatic carbocycles. The molecule has 2 heterocycles. The Bertz CT molecular complexity index is 676. The van der Waals surface area contributed by atoms with Gasteiger partial charge in [-0.1, -0.05) is 30.0 Å². The smallest absolute Gasteiger partial charge is 0.240 e. The Kier molecular flexibility index (Phi) is 5.95. The molecular formula is C19H22ClFN2O2. The lowest BCUT2D eigenvalue weighted by Gasteiger charge is -2.39.